The Hall–Kier alpha value is -3.78. The molecule has 32 heavy (non-hydrogen) atoms. The average Bonchev–Trinajstić information content (AvgIpc) is 3.42. The lowest BCUT2D eigenvalue weighted by molar-refractivity contribution is 0.600. The van der Waals surface area contributed by atoms with E-state index in [0.29, 0.717) is 17.2 Å². The summed E-state index contributed by atoms with van der Waals surface area (Å²) in [6.45, 7) is 3.79. The molecule has 5 rings (SSSR count). The normalized spacial score (nSPS) is 12.2. The molecule has 0 spiro atoms. The fraction of sp³-hybridized carbons (Fsp3) is 0.130. The highest BCUT2D eigenvalue weighted by Crippen LogP contribution is 2.29. The third-order valence-corrected chi connectivity index (χ3v) is 5.47. The lowest BCUT2D eigenvalue weighted by Crippen LogP contribution is -2.10. The van der Waals surface area contributed by atoms with Crippen molar-refractivity contribution in [1.29, 1.82) is 0 Å². The molecule has 0 saturated carbocycles. The summed E-state index contributed by atoms with van der Waals surface area (Å²) in [4.78, 5) is 8.82. The van der Waals surface area contributed by atoms with Gasteiger partial charge in [-0.15, -0.1) is 5.10 Å². The number of halogens is 2. The van der Waals surface area contributed by atoms with Crippen molar-refractivity contribution < 1.29 is 4.39 Å². The first-order valence-corrected chi connectivity index (χ1v) is 10.4. The summed E-state index contributed by atoms with van der Waals surface area (Å²) in [6.07, 6.45) is 3.39. The van der Waals surface area contributed by atoms with Crippen LogP contribution in [0.4, 0.5) is 10.2 Å². The smallest absolute Gasteiger partial charge is 0.155 e. The maximum atomic E-state index is 14.5. The molecule has 0 amide bonds. The van der Waals surface area contributed by atoms with Crippen LogP contribution in [0.3, 0.4) is 0 Å². The van der Waals surface area contributed by atoms with Crippen LogP contribution in [-0.2, 0) is 0 Å². The van der Waals surface area contributed by atoms with Gasteiger partial charge in [0.15, 0.2) is 11.5 Å². The number of benzene rings is 1. The third-order valence-electron chi connectivity index (χ3n) is 5.18. The van der Waals surface area contributed by atoms with Crippen molar-refractivity contribution in [3.05, 3.63) is 89.2 Å². The Morgan fingerprint density at radius 3 is 2.78 bits per heavy atom. The van der Waals surface area contributed by atoms with E-state index in [1.807, 2.05) is 56.4 Å². The minimum Gasteiger partial charge on any atom is -0.362 e. The minimum absolute atomic E-state index is 0.0902. The number of nitrogens with zero attached hydrogens (tertiary/aromatic N) is 6. The first kappa shape index (κ1) is 20.1. The van der Waals surface area contributed by atoms with Crippen molar-refractivity contribution in [3.8, 4) is 17.1 Å². The fourth-order valence-electron chi connectivity index (χ4n) is 3.60. The van der Waals surface area contributed by atoms with Gasteiger partial charge in [0, 0.05) is 29.1 Å². The van der Waals surface area contributed by atoms with Gasteiger partial charge in [-0.25, -0.2) is 23.6 Å². The van der Waals surface area contributed by atoms with Crippen molar-refractivity contribution >= 4 is 23.1 Å². The van der Waals surface area contributed by atoms with E-state index >= 15 is 0 Å². The number of pyridine rings is 2. The van der Waals surface area contributed by atoms with Crippen LogP contribution in [0.5, 0.6) is 0 Å². The van der Waals surface area contributed by atoms with Gasteiger partial charge in [-0.1, -0.05) is 29.8 Å². The van der Waals surface area contributed by atoms with E-state index < -0.39 is 5.82 Å². The Balaban J connectivity index is 1.58. The number of hydrogen-bond acceptors (Lipinski definition) is 5. The van der Waals surface area contributed by atoms with Crippen LogP contribution < -0.4 is 5.32 Å². The Kier molecular flexibility index (Phi) is 5.07. The van der Waals surface area contributed by atoms with E-state index in [9.17, 15) is 4.39 Å². The maximum Gasteiger partial charge on any atom is 0.155 e. The topological polar surface area (TPSA) is 72.9 Å². The number of nitrogens with one attached hydrogen (secondary N) is 1. The summed E-state index contributed by atoms with van der Waals surface area (Å²) in [5, 5.41) is 12.3. The summed E-state index contributed by atoms with van der Waals surface area (Å²) in [5.41, 5.74) is 3.78. The summed E-state index contributed by atoms with van der Waals surface area (Å²) in [5.74, 6) is 0.813. The van der Waals surface area contributed by atoms with Gasteiger partial charge in [-0.2, -0.15) is 5.10 Å². The van der Waals surface area contributed by atoms with Crippen LogP contribution in [0.1, 0.15) is 24.2 Å². The Bertz CT molecular complexity index is 1430. The standard InChI is InChI=1S/C23H19ClFN7/c1-14-5-3-8-22(28-14)32-19(16-9-10-21-26-13-27-31(21)12-16)11-20(30-32)29-15(2)17-6-4-7-18(24)23(17)25/h3-13,15H,1-2H3,(H,29,30). The molecule has 7 nitrogen and oxygen atoms in total. The summed E-state index contributed by atoms with van der Waals surface area (Å²) >= 11 is 5.96. The van der Waals surface area contributed by atoms with E-state index in [1.165, 1.54) is 12.4 Å². The van der Waals surface area contributed by atoms with Crippen LogP contribution in [0.15, 0.2) is 67.1 Å². The van der Waals surface area contributed by atoms with Gasteiger partial charge in [0.2, 0.25) is 0 Å². The van der Waals surface area contributed by atoms with Gasteiger partial charge in [0.1, 0.15) is 18.0 Å². The molecule has 9 heteroatoms. The Morgan fingerprint density at radius 2 is 1.94 bits per heavy atom. The molecule has 0 radical (unpaired) electrons. The van der Waals surface area contributed by atoms with E-state index in [4.69, 9.17) is 16.7 Å². The zero-order chi connectivity index (χ0) is 22.2. The lowest BCUT2D eigenvalue weighted by atomic mass is 10.1. The van der Waals surface area contributed by atoms with Gasteiger partial charge in [0.05, 0.1) is 16.8 Å². The summed E-state index contributed by atoms with van der Waals surface area (Å²) in [7, 11) is 0. The molecular weight excluding hydrogens is 429 g/mol. The van der Waals surface area contributed by atoms with Gasteiger partial charge in [-0.3, -0.25) is 0 Å². The third kappa shape index (κ3) is 3.69. The van der Waals surface area contributed by atoms with E-state index in [-0.39, 0.29) is 11.1 Å². The minimum atomic E-state index is -0.439. The zero-order valence-electron chi connectivity index (χ0n) is 17.4. The van der Waals surface area contributed by atoms with Crippen molar-refractivity contribution in [3.63, 3.8) is 0 Å². The molecule has 0 bridgehead atoms. The highest BCUT2D eigenvalue weighted by molar-refractivity contribution is 6.30. The maximum absolute atomic E-state index is 14.5. The van der Waals surface area contributed by atoms with Crippen LogP contribution in [0.25, 0.3) is 22.7 Å². The van der Waals surface area contributed by atoms with Crippen LogP contribution in [-0.4, -0.2) is 29.4 Å². The van der Waals surface area contributed by atoms with Crippen molar-refractivity contribution in [1.82, 2.24) is 29.4 Å². The molecule has 0 saturated heterocycles. The van der Waals surface area contributed by atoms with E-state index in [1.54, 1.807) is 21.3 Å². The Morgan fingerprint density at radius 1 is 1.09 bits per heavy atom. The van der Waals surface area contributed by atoms with E-state index in [2.05, 4.69) is 20.4 Å². The van der Waals surface area contributed by atoms with Crippen molar-refractivity contribution in [2.75, 3.05) is 5.32 Å². The molecule has 0 aliphatic rings. The number of hydrogen-bond donors (Lipinski definition) is 1. The van der Waals surface area contributed by atoms with Crippen molar-refractivity contribution in [2.45, 2.75) is 19.9 Å². The summed E-state index contributed by atoms with van der Waals surface area (Å²) in [6, 6.07) is 16.1. The number of aromatic nitrogens is 6. The fourth-order valence-corrected chi connectivity index (χ4v) is 3.78. The monoisotopic (exact) mass is 447 g/mol. The molecule has 5 aromatic rings. The molecule has 4 heterocycles. The van der Waals surface area contributed by atoms with Crippen LogP contribution in [0, 0.1) is 12.7 Å². The number of aryl methyl sites for hydroxylation is 1. The molecule has 1 atom stereocenters. The SMILES string of the molecule is Cc1cccc(-n2nc(NC(C)c3cccc(Cl)c3F)cc2-c2ccc3ncnn3c2)n1. The first-order chi connectivity index (χ1) is 15.5. The van der Waals surface area contributed by atoms with Crippen molar-refractivity contribution in [2.24, 2.45) is 0 Å². The molecule has 1 unspecified atom stereocenters. The second-order valence-corrected chi connectivity index (χ2v) is 7.86. The molecular formula is C23H19ClFN7. The molecule has 160 valence electrons. The highest BCUT2D eigenvalue weighted by Gasteiger charge is 2.18. The highest BCUT2D eigenvalue weighted by atomic mass is 35.5. The molecule has 1 N–H and O–H groups in total. The predicted octanol–water partition coefficient (Wildman–Crippen LogP) is 5.25. The average molecular weight is 448 g/mol. The summed E-state index contributed by atoms with van der Waals surface area (Å²) < 4.78 is 18.0. The van der Waals surface area contributed by atoms with Crippen LogP contribution in [0.2, 0.25) is 5.02 Å². The quantitative estimate of drug-likeness (QED) is 0.398. The zero-order valence-corrected chi connectivity index (χ0v) is 18.1. The molecule has 0 fully saturated rings. The molecule has 0 aliphatic carbocycles. The van der Waals surface area contributed by atoms with E-state index in [0.717, 1.165) is 22.6 Å². The largest absolute Gasteiger partial charge is 0.362 e. The second-order valence-electron chi connectivity index (χ2n) is 7.45. The van der Waals surface area contributed by atoms with Gasteiger partial charge in [-0.05, 0) is 44.2 Å². The second kappa shape index (κ2) is 8.05. The lowest BCUT2D eigenvalue weighted by Gasteiger charge is -2.15. The molecule has 0 aliphatic heterocycles. The first-order valence-electron chi connectivity index (χ1n) is 10.0. The van der Waals surface area contributed by atoms with Gasteiger partial charge < -0.3 is 5.32 Å². The molecule has 4 aromatic heterocycles. The predicted molar refractivity (Wildman–Crippen MR) is 122 cm³/mol. The number of anilines is 1. The van der Waals surface area contributed by atoms with Crippen LogP contribution >= 0.6 is 11.6 Å². The number of rotatable bonds is 5. The Labute approximate surface area is 188 Å². The number of fused-ring (bicyclic) bond motifs is 1. The van der Waals surface area contributed by atoms with Gasteiger partial charge >= 0.3 is 0 Å². The van der Waals surface area contributed by atoms with Gasteiger partial charge in [0.25, 0.3) is 0 Å². The molecule has 1 aromatic carbocycles.